The average molecular weight is 276 g/mol. The van der Waals surface area contributed by atoms with Gasteiger partial charge < -0.3 is 9.84 Å². The van der Waals surface area contributed by atoms with E-state index >= 15 is 0 Å². The number of phenolic OH excluding ortho intramolecular Hbond substituents is 1. The van der Waals surface area contributed by atoms with Crippen molar-refractivity contribution in [3.63, 3.8) is 0 Å². The minimum absolute atomic E-state index is 0.0857. The first-order chi connectivity index (χ1) is 8.97. The van der Waals surface area contributed by atoms with Gasteiger partial charge in [-0.15, -0.1) is 11.8 Å². The summed E-state index contributed by atoms with van der Waals surface area (Å²) in [6.45, 7) is 6.91. The Hall–Kier alpha value is -1.19. The van der Waals surface area contributed by atoms with Gasteiger partial charge in [-0.3, -0.25) is 0 Å². The summed E-state index contributed by atoms with van der Waals surface area (Å²) < 4.78 is 5.72. The fourth-order valence-electron chi connectivity index (χ4n) is 1.88. The van der Waals surface area contributed by atoms with Crippen LogP contribution in [-0.4, -0.2) is 23.1 Å². The molecule has 0 spiro atoms. The van der Waals surface area contributed by atoms with E-state index in [9.17, 15) is 5.11 Å². The Morgan fingerprint density at radius 1 is 1.05 bits per heavy atom. The third-order valence-electron chi connectivity index (χ3n) is 2.74. The summed E-state index contributed by atoms with van der Waals surface area (Å²) in [4.78, 5) is 1.19. The minimum atomic E-state index is -0.0857. The van der Waals surface area contributed by atoms with Crippen LogP contribution >= 0.6 is 11.8 Å². The zero-order chi connectivity index (χ0) is 13.9. The van der Waals surface area contributed by atoms with Crippen LogP contribution in [0.1, 0.15) is 20.8 Å². The van der Waals surface area contributed by atoms with Gasteiger partial charge in [-0.2, -0.15) is 0 Å². The molecule has 0 unspecified atom stereocenters. The number of rotatable bonds is 4. The van der Waals surface area contributed by atoms with E-state index in [1.807, 2.05) is 30.3 Å². The van der Waals surface area contributed by atoms with E-state index in [-0.39, 0.29) is 5.60 Å². The second kappa shape index (κ2) is 5.85. The zero-order valence-corrected chi connectivity index (χ0v) is 12.5. The summed E-state index contributed by atoms with van der Waals surface area (Å²) in [6, 6.07) is 11.7. The van der Waals surface area contributed by atoms with Crippen molar-refractivity contribution >= 4 is 22.5 Å². The Balaban J connectivity index is 2.07. The van der Waals surface area contributed by atoms with Gasteiger partial charge in [-0.05, 0) is 38.3 Å². The Kier molecular flexibility index (Phi) is 4.38. The molecule has 2 rings (SSSR count). The predicted octanol–water partition coefficient (Wildman–Crippen LogP) is 4.45. The summed E-state index contributed by atoms with van der Waals surface area (Å²) >= 11 is 1.76. The van der Waals surface area contributed by atoms with Gasteiger partial charge in [0.05, 0.1) is 12.2 Å². The van der Waals surface area contributed by atoms with E-state index in [0.717, 1.165) is 23.1 Å². The van der Waals surface area contributed by atoms with E-state index in [4.69, 9.17) is 4.74 Å². The molecular formula is C16H20O2S. The van der Waals surface area contributed by atoms with Crippen molar-refractivity contribution < 1.29 is 9.84 Å². The molecule has 2 aromatic carbocycles. The van der Waals surface area contributed by atoms with Crippen molar-refractivity contribution in [3.05, 3.63) is 36.4 Å². The normalized spacial score (nSPS) is 11.9. The number of thioether (sulfide) groups is 1. The van der Waals surface area contributed by atoms with E-state index < -0.39 is 0 Å². The van der Waals surface area contributed by atoms with Crippen molar-refractivity contribution in [3.8, 4) is 5.75 Å². The van der Waals surface area contributed by atoms with Gasteiger partial charge >= 0.3 is 0 Å². The molecule has 102 valence electrons. The first-order valence-corrected chi connectivity index (χ1v) is 7.43. The molecule has 0 radical (unpaired) electrons. The second-order valence-corrected chi connectivity index (χ2v) is 6.57. The lowest BCUT2D eigenvalue weighted by Gasteiger charge is -2.19. The van der Waals surface area contributed by atoms with Crippen LogP contribution in [0.2, 0.25) is 0 Å². The summed E-state index contributed by atoms with van der Waals surface area (Å²) in [5, 5.41) is 11.8. The molecule has 1 N–H and O–H groups in total. The highest BCUT2D eigenvalue weighted by Crippen LogP contribution is 2.33. The van der Waals surface area contributed by atoms with Gasteiger partial charge in [0, 0.05) is 16.0 Å². The molecule has 19 heavy (non-hydrogen) atoms. The first-order valence-electron chi connectivity index (χ1n) is 6.45. The van der Waals surface area contributed by atoms with Gasteiger partial charge in [0.1, 0.15) is 5.75 Å². The summed E-state index contributed by atoms with van der Waals surface area (Å²) in [5.41, 5.74) is -0.0857. The van der Waals surface area contributed by atoms with Crippen molar-refractivity contribution in [2.24, 2.45) is 0 Å². The maximum atomic E-state index is 9.84. The van der Waals surface area contributed by atoms with Gasteiger partial charge in [0.2, 0.25) is 0 Å². The van der Waals surface area contributed by atoms with Crippen LogP contribution in [0.3, 0.4) is 0 Å². The van der Waals surface area contributed by atoms with E-state index in [1.165, 1.54) is 4.90 Å². The number of hydrogen-bond donors (Lipinski definition) is 1. The van der Waals surface area contributed by atoms with Gasteiger partial charge in [-0.1, -0.05) is 24.3 Å². The molecule has 0 aliphatic heterocycles. The highest BCUT2D eigenvalue weighted by Gasteiger charge is 2.10. The number of hydrogen-bond acceptors (Lipinski definition) is 3. The summed E-state index contributed by atoms with van der Waals surface area (Å²) in [6.07, 6.45) is 0. The molecule has 0 fully saturated rings. The smallest absolute Gasteiger partial charge is 0.123 e. The number of fused-ring (bicyclic) bond motifs is 1. The zero-order valence-electron chi connectivity index (χ0n) is 11.6. The molecule has 3 heteroatoms. The molecule has 0 saturated carbocycles. The Morgan fingerprint density at radius 2 is 1.74 bits per heavy atom. The third-order valence-corrected chi connectivity index (χ3v) is 3.77. The lowest BCUT2D eigenvalue weighted by Crippen LogP contribution is -2.20. The highest BCUT2D eigenvalue weighted by molar-refractivity contribution is 7.99. The standard InChI is InChI=1S/C16H20O2S/c1-16(2,3)18-10-11-19-15-9-8-14(17)12-6-4-5-7-13(12)15/h4-9,17H,10-11H2,1-3H3. The van der Waals surface area contributed by atoms with E-state index in [0.29, 0.717) is 5.75 Å². The largest absolute Gasteiger partial charge is 0.507 e. The Bertz CT molecular complexity index is 558. The Morgan fingerprint density at radius 3 is 2.42 bits per heavy atom. The van der Waals surface area contributed by atoms with Gasteiger partial charge in [0.25, 0.3) is 0 Å². The van der Waals surface area contributed by atoms with Crippen LogP contribution in [0.4, 0.5) is 0 Å². The van der Waals surface area contributed by atoms with Crippen LogP contribution in [0.15, 0.2) is 41.3 Å². The lowest BCUT2D eigenvalue weighted by atomic mass is 10.1. The van der Waals surface area contributed by atoms with Gasteiger partial charge in [-0.25, -0.2) is 0 Å². The Labute approximate surface area is 118 Å². The molecule has 0 aromatic heterocycles. The molecule has 2 aromatic rings. The summed E-state index contributed by atoms with van der Waals surface area (Å²) in [7, 11) is 0. The molecule has 0 atom stereocenters. The average Bonchev–Trinajstić information content (AvgIpc) is 2.36. The van der Waals surface area contributed by atoms with Crippen LogP contribution in [0.25, 0.3) is 10.8 Å². The van der Waals surface area contributed by atoms with Gasteiger partial charge in [0.15, 0.2) is 0 Å². The monoisotopic (exact) mass is 276 g/mol. The predicted molar refractivity (Wildman–Crippen MR) is 82.0 cm³/mol. The fourth-order valence-corrected chi connectivity index (χ4v) is 2.77. The number of ether oxygens (including phenoxy) is 1. The summed E-state index contributed by atoms with van der Waals surface area (Å²) in [5.74, 6) is 1.25. The maximum absolute atomic E-state index is 9.84. The molecule has 0 bridgehead atoms. The van der Waals surface area contributed by atoms with Crippen LogP contribution in [-0.2, 0) is 4.74 Å². The lowest BCUT2D eigenvalue weighted by molar-refractivity contribution is 0.00695. The molecule has 0 aliphatic carbocycles. The fraction of sp³-hybridized carbons (Fsp3) is 0.375. The molecule has 2 nitrogen and oxygen atoms in total. The van der Waals surface area contributed by atoms with Crippen molar-refractivity contribution in [1.29, 1.82) is 0 Å². The van der Waals surface area contributed by atoms with Crippen molar-refractivity contribution in [2.45, 2.75) is 31.3 Å². The van der Waals surface area contributed by atoms with Crippen molar-refractivity contribution in [2.75, 3.05) is 12.4 Å². The molecular weight excluding hydrogens is 256 g/mol. The number of aromatic hydroxyl groups is 1. The molecule has 0 amide bonds. The van der Waals surface area contributed by atoms with E-state index in [2.05, 4.69) is 20.8 Å². The van der Waals surface area contributed by atoms with Crippen LogP contribution in [0.5, 0.6) is 5.75 Å². The molecule has 0 saturated heterocycles. The first kappa shape index (κ1) is 14.2. The quantitative estimate of drug-likeness (QED) is 0.660. The SMILES string of the molecule is CC(C)(C)OCCSc1ccc(O)c2ccccc12. The van der Waals surface area contributed by atoms with E-state index in [1.54, 1.807) is 17.8 Å². The van der Waals surface area contributed by atoms with Crippen LogP contribution in [0, 0.1) is 0 Å². The third kappa shape index (κ3) is 3.88. The second-order valence-electron chi connectivity index (χ2n) is 5.44. The maximum Gasteiger partial charge on any atom is 0.123 e. The topological polar surface area (TPSA) is 29.5 Å². The number of benzene rings is 2. The van der Waals surface area contributed by atoms with Crippen LogP contribution < -0.4 is 0 Å². The minimum Gasteiger partial charge on any atom is -0.507 e. The molecule has 0 aliphatic rings. The highest BCUT2D eigenvalue weighted by atomic mass is 32.2. The molecule has 0 heterocycles. The van der Waals surface area contributed by atoms with Crippen molar-refractivity contribution in [1.82, 2.24) is 0 Å². The number of phenols is 1.